The van der Waals surface area contributed by atoms with Crippen LogP contribution in [0.3, 0.4) is 0 Å². The second-order valence-corrected chi connectivity index (χ2v) is 2.99. The van der Waals surface area contributed by atoms with Gasteiger partial charge in [-0.2, -0.15) is 4.68 Å². The first kappa shape index (κ1) is 12.0. The molecule has 8 nitrogen and oxygen atoms in total. The Balaban J connectivity index is 2.72. The van der Waals surface area contributed by atoms with Crippen molar-refractivity contribution in [3.05, 3.63) is 16.0 Å². The fourth-order valence-corrected chi connectivity index (χ4v) is 1.06. The predicted molar refractivity (Wildman–Crippen MR) is 55.8 cm³/mol. The first-order chi connectivity index (χ1) is 7.56. The fourth-order valence-electron chi connectivity index (χ4n) is 1.06. The molecular weight excluding hydrogens is 214 g/mol. The van der Waals surface area contributed by atoms with E-state index in [4.69, 9.17) is 16.3 Å². The number of anilines is 1. The van der Waals surface area contributed by atoms with Gasteiger partial charge in [-0.1, -0.05) is 0 Å². The number of esters is 1. The molecule has 0 bridgehead atoms. The molecule has 1 aromatic rings. The molecule has 0 fully saturated rings. The monoisotopic (exact) mass is 227 g/mol. The van der Waals surface area contributed by atoms with Crippen molar-refractivity contribution in [3.63, 3.8) is 0 Å². The number of nitrogens with zero attached hydrogens (tertiary/aromatic N) is 3. The zero-order chi connectivity index (χ0) is 12.1. The van der Waals surface area contributed by atoms with Crippen LogP contribution in [0.5, 0.6) is 0 Å². The summed E-state index contributed by atoms with van der Waals surface area (Å²) >= 11 is 0. The van der Waals surface area contributed by atoms with Gasteiger partial charge in [0, 0.05) is 6.42 Å². The van der Waals surface area contributed by atoms with Crippen LogP contribution in [0.1, 0.15) is 19.0 Å². The Labute approximate surface area is 91.2 Å². The SMILES string of the molecule is CCOC(=O)CCc1nnc(N)n(N)c1=O. The molecular formula is C8H13N5O3. The van der Waals surface area contributed by atoms with Crippen LogP contribution in [0, 0.1) is 0 Å². The van der Waals surface area contributed by atoms with Crippen LogP contribution in [-0.4, -0.2) is 27.4 Å². The van der Waals surface area contributed by atoms with E-state index in [0.717, 1.165) is 0 Å². The third-order valence-electron chi connectivity index (χ3n) is 1.86. The molecule has 16 heavy (non-hydrogen) atoms. The Morgan fingerprint density at radius 1 is 1.50 bits per heavy atom. The quantitative estimate of drug-likeness (QED) is 0.470. The Morgan fingerprint density at radius 3 is 2.81 bits per heavy atom. The van der Waals surface area contributed by atoms with Crippen LogP contribution < -0.4 is 17.1 Å². The van der Waals surface area contributed by atoms with E-state index in [0.29, 0.717) is 11.3 Å². The first-order valence-corrected chi connectivity index (χ1v) is 4.71. The first-order valence-electron chi connectivity index (χ1n) is 4.71. The topological polar surface area (TPSA) is 126 Å². The second-order valence-electron chi connectivity index (χ2n) is 2.99. The van der Waals surface area contributed by atoms with Gasteiger partial charge in [0.15, 0.2) is 0 Å². The van der Waals surface area contributed by atoms with Crippen molar-refractivity contribution >= 4 is 11.9 Å². The standard InChI is InChI=1S/C8H13N5O3/c1-2-16-6(14)4-3-5-7(15)13(10)8(9)12-11-5/h2-4,10H2,1H3,(H2,9,12). The minimum absolute atomic E-state index is 0.0572. The van der Waals surface area contributed by atoms with Gasteiger partial charge < -0.3 is 16.3 Å². The van der Waals surface area contributed by atoms with E-state index < -0.39 is 11.5 Å². The summed E-state index contributed by atoms with van der Waals surface area (Å²) in [6.45, 7) is 2.00. The number of rotatable bonds is 4. The maximum Gasteiger partial charge on any atom is 0.306 e. The highest BCUT2D eigenvalue weighted by Crippen LogP contribution is 1.95. The van der Waals surface area contributed by atoms with Gasteiger partial charge >= 0.3 is 5.97 Å². The highest BCUT2D eigenvalue weighted by atomic mass is 16.5. The van der Waals surface area contributed by atoms with E-state index in [-0.39, 0.29) is 24.5 Å². The maximum atomic E-state index is 11.5. The van der Waals surface area contributed by atoms with Crippen molar-refractivity contribution in [2.45, 2.75) is 19.8 Å². The third kappa shape index (κ3) is 2.69. The number of nitrogen functional groups attached to an aromatic ring is 2. The van der Waals surface area contributed by atoms with Gasteiger partial charge in [-0.25, -0.2) is 0 Å². The van der Waals surface area contributed by atoms with Gasteiger partial charge in [-0.3, -0.25) is 9.59 Å². The lowest BCUT2D eigenvalue weighted by atomic mass is 10.2. The average Bonchev–Trinajstić information content (AvgIpc) is 2.25. The van der Waals surface area contributed by atoms with Crippen LogP contribution in [0.4, 0.5) is 5.95 Å². The van der Waals surface area contributed by atoms with E-state index in [1.54, 1.807) is 6.92 Å². The lowest BCUT2D eigenvalue weighted by molar-refractivity contribution is -0.143. The molecule has 0 spiro atoms. The minimum Gasteiger partial charge on any atom is -0.466 e. The fraction of sp³-hybridized carbons (Fsp3) is 0.500. The molecule has 0 unspecified atom stereocenters. The van der Waals surface area contributed by atoms with Crippen LogP contribution in [-0.2, 0) is 16.0 Å². The predicted octanol–water partition coefficient (Wildman–Crippen LogP) is -1.57. The zero-order valence-electron chi connectivity index (χ0n) is 8.84. The summed E-state index contributed by atoms with van der Waals surface area (Å²) in [5.74, 6) is 4.73. The number of hydrogen-bond acceptors (Lipinski definition) is 7. The number of aryl methyl sites for hydroxylation is 1. The summed E-state index contributed by atoms with van der Waals surface area (Å²) < 4.78 is 5.39. The molecule has 0 saturated carbocycles. The van der Waals surface area contributed by atoms with E-state index in [1.165, 1.54) is 0 Å². The number of carbonyl (C=O) groups is 1. The van der Waals surface area contributed by atoms with Crippen LogP contribution in [0.2, 0.25) is 0 Å². The Kier molecular flexibility index (Phi) is 3.81. The van der Waals surface area contributed by atoms with E-state index in [2.05, 4.69) is 10.2 Å². The van der Waals surface area contributed by atoms with Gasteiger partial charge in [0.25, 0.3) is 5.56 Å². The molecule has 0 aliphatic carbocycles. The highest BCUT2D eigenvalue weighted by molar-refractivity contribution is 5.69. The lowest BCUT2D eigenvalue weighted by Gasteiger charge is -2.03. The number of carbonyl (C=O) groups excluding carboxylic acids is 1. The molecule has 1 heterocycles. The largest absolute Gasteiger partial charge is 0.466 e. The molecule has 0 atom stereocenters. The number of nitrogens with two attached hydrogens (primary N) is 2. The lowest BCUT2D eigenvalue weighted by Crippen LogP contribution is -2.34. The van der Waals surface area contributed by atoms with Crippen molar-refractivity contribution in [1.29, 1.82) is 0 Å². The number of ether oxygens (including phenoxy) is 1. The normalized spacial score (nSPS) is 10.1. The average molecular weight is 227 g/mol. The molecule has 0 aliphatic rings. The molecule has 0 saturated heterocycles. The zero-order valence-corrected chi connectivity index (χ0v) is 8.84. The van der Waals surface area contributed by atoms with E-state index in [1.807, 2.05) is 0 Å². The molecule has 88 valence electrons. The van der Waals surface area contributed by atoms with Crippen molar-refractivity contribution in [3.8, 4) is 0 Å². The second kappa shape index (κ2) is 5.10. The summed E-state index contributed by atoms with van der Waals surface area (Å²) in [5.41, 5.74) is 4.80. The minimum atomic E-state index is -0.559. The smallest absolute Gasteiger partial charge is 0.306 e. The van der Waals surface area contributed by atoms with E-state index in [9.17, 15) is 9.59 Å². The van der Waals surface area contributed by atoms with Crippen molar-refractivity contribution in [1.82, 2.24) is 14.9 Å². The van der Waals surface area contributed by atoms with Gasteiger partial charge in [-0.15, -0.1) is 10.2 Å². The molecule has 4 N–H and O–H groups in total. The van der Waals surface area contributed by atoms with Crippen molar-refractivity contribution in [2.75, 3.05) is 18.2 Å². The molecule has 1 aromatic heterocycles. The maximum absolute atomic E-state index is 11.5. The molecule has 0 amide bonds. The van der Waals surface area contributed by atoms with Crippen molar-refractivity contribution in [2.24, 2.45) is 0 Å². The highest BCUT2D eigenvalue weighted by Gasteiger charge is 2.10. The third-order valence-corrected chi connectivity index (χ3v) is 1.86. The molecule has 1 rings (SSSR count). The molecule has 0 radical (unpaired) electrons. The molecule has 8 heteroatoms. The van der Waals surface area contributed by atoms with Gasteiger partial charge in [0.05, 0.1) is 13.0 Å². The summed E-state index contributed by atoms with van der Waals surface area (Å²) in [4.78, 5) is 22.5. The number of hydrogen-bond donors (Lipinski definition) is 2. The van der Waals surface area contributed by atoms with E-state index >= 15 is 0 Å². The Bertz CT molecular complexity index is 442. The summed E-state index contributed by atoms with van der Waals surface area (Å²) in [6.07, 6.45) is 0.184. The van der Waals surface area contributed by atoms with Gasteiger partial charge in [0.1, 0.15) is 5.69 Å². The van der Waals surface area contributed by atoms with Gasteiger partial charge in [-0.05, 0) is 6.92 Å². The Hall–Kier alpha value is -2.12. The summed E-state index contributed by atoms with van der Waals surface area (Å²) in [7, 11) is 0. The molecule has 0 aliphatic heterocycles. The molecule has 0 aromatic carbocycles. The summed E-state index contributed by atoms with van der Waals surface area (Å²) in [6, 6.07) is 0. The van der Waals surface area contributed by atoms with Crippen LogP contribution >= 0.6 is 0 Å². The number of aromatic nitrogens is 3. The van der Waals surface area contributed by atoms with Gasteiger partial charge in [0.2, 0.25) is 5.95 Å². The van der Waals surface area contributed by atoms with Crippen molar-refractivity contribution < 1.29 is 9.53 Å². The summed E-state index contributed by atoms with van der Waals surface area (Å²) in [5, 5.41) is 7.05. The van der Waals surface area contributed by atoms with Crippen LogP contribution in [0.15, 0.2) is 4.79 Å². The Morgan fingerprint density at radius 2 is 2.19 bits per heavy atom. The van der Waals surface area contributed by atoms with Crippen LogP contribution in [0.25, 0.3) is 0 Å².